The molecule has 0 spiro atoms. The van der Waals surface area contributed by atoms with Crippen molar-refractivity contribution in [3.05, 3.63) is 59.1 Å². The summed E-state index contributed by atoms with van der Waals surface area (Å²) in [7, 11) is 0. The van der Waals surface area contributed by atoms with Gasteiger partial charge in [0.2, 0.25) is 0 Å². The highest BCUT2D eigenvalue weighted by Crippen LogP contribution is 2.20. The first-order valence-corrected chi connectivity index (χ1v) is 6.97. The highest BCUT2D eigenvalue weighted by atomic mass is 35.5. The van der Waals surface area contributed by atoms with Crippen molar-refractivity contribution in [1.82, 2.24) is 0 Å². The lowest BCUT2D eigenvalue weighted by molar-refractivity contribution is -0.123. The van der Waals surface area contributed by atoms with Gasteiger partial charge in [0.05, 0.1) is 16.3 Å². The maximum Gasteiger partial charge on any atom is 0.338 e. The Bertz CT molecular complexity index is 703. The van der Waals surface area contributed by atoms with Crippen molar-refractivity contribution in [2.75, 3.05) is 11.1 Å². The number of hydrogen-bond acceptors (Lipinski definition) is 4. The molecule has 0 aromatic heterocycles. The predicted octanol–water partition coefficient (Wildman–Crippen LogP) is 3.11. The fourth-order valence-electron chi connectivity index (χ4n) is 1.74. The molecule has 0 saturated carbocycles. The molecule has 0 unspecified atom stereocenters. The molecule has 1 amide bonds. The summed E-state index contributed by atoms with van der Waals surface area (Å²) in [6, 6.07) is 13.2. The van der Waals surface area contributed by atoms with E-state index in [1.165, 1.54) is 13.0 Å². The van der Waals surface area contributed by atoms with Crippen LogP contribution in [0.4, 0.5) is 11.4 Å². The third kappa shape index (κ3) is 3.99. The number of nitrogens with one attached hydrogen (secondary N) is 1. The lowest BCUT2D eigenvalue weighted by Gasteiger charge is -2.14. The van der Waals surface area contributed by atoms with Gasteiger partial charge in [-0.3, -0.25) is 4.79 Å². The molecule has 0 fully saturated rings. The van der Waals surface area contributed by atoms with E-state index in [1.807, 2.05) is 0 Å². The molecule has 0 aliphatic heterocycles. The maximum atomic E-state index is 12.0. The summed E-state index contributed by atoms with van der Waals surface area (Å²) >= 11 is 5.96. The first kappa shape index (κ1) is 15.9. The van der Waals surface area contributed by atoms with Crippen molar-refractivity contribution in [1.29, 1.82) is 0 Å². The fraction of sp³-hybridized carbons (Fsp3) is 0.125. The Morgan fingerprint density at radius 3 is 2.59 bits per heavy atom. The molecule has 0 aliphatic rings. The number of carbonyl (C=O) groups is 2. The maximum absolute atomic E-state index is 12.0. The van der Waals surface area contributed by atoms with Gasteiger partial charge in [-0.05, 0) is 37.3 Å². The number of amides is 1. The number of nitrogen functional groups attached to an aromatic ring is 1. The molecule has 0 heterocycles. The van der Waals surface area contributed by atoms with E-state index in [0.29, 0.717) is 16.4 Å². The number of hydrogen-bond donors (Lipinski definition) is 2. The van der Waals surface area contributed by atoms with E-state index in [2.05, 4.69) is 5.32 Å². The number of esters is 1. The second-order valence-corrected chi connectivity index (χ2v) is 5.05. The molecule has 6 heteroatoms. The van der Waals surface area contributed by atoms with Gasteiger partial charge in [0, 0.05) is 5.69 Å². The molecule has 0 aliphatic carbocycles. The number of carbonyl (C=O) groups excluding carboxylic acids is 2. The van der Waals surface area contributed by atoms with Crippen LogP contribution in [0.5, 0.6) is 0 Å². The summed E-state index contributed by atoms with van der Waals surface area (Å²) in [5.41, 5.74) is 6.80. The van der Waals surface area contributed by atoms with Gasteiger partial charge in [0.25, 0.3) is 5.91 Å². The summed E-state index contributed by atoms with van der Waals surface area (Å²) in [5.74, 6) is -1.08. The minimum absolute atomic E-state index is 0.289. The average molecular weight is 319 g/mol. The van der Waals surface area contributed by atoms with Gasteiger partial charge in [-0.2, -0.15) is 0 Å². The molecular formula is C16H15ClN2O3. The topological polar surface area (TPSA) is 81.4 Å². The van der Waals surface area contributed by atoms with Crippen LogP contribution in [0.15, 0.2) is 48.5 Å². The third-order valence-electron chi connectivity index (χ3n) is 2.91. The summed E-state index contributed by atoms with van der Waals surface area (Å²) in [6.45, 7) is 1.48. The van der Waals surface area contributed by atoms with E-state index in [-0.39, 0.29) is 5.56 Å². The zero-order valence-corrected chi connectivity index (χ0v) is 12.6. The second kappa shape index (κ2) is 6.95. The molecule has 2 aromatic rings. The van der Waals surface area contributed by atoms with Crippen LogP contribution in [0.25, 0.3) is 0 Å². The van der Waals surface area contributed by atoms with E-state index in [9.17, 15) is 9.59 Å². The van der Waals surface area contributed by atoms with E-state index < -0.39 is 18.0 Å². The van der Waals surface area contributed by atoms with Gasteiger partial charge < -0.3 is 15.8 Å². The standard InChI is InChI=1S/C16H15ClN2O3/c1-10(15(20)19-14-8-3-2-7-13(14)17)22-16(21)11-5-4-6-12(18)9-11/h2-10H,18H2,1H3,(H,19,20)/t10-/m0/s1. The van der Waals surface area contributed by atoms with Crippen molar-refractivity contribution in [2.24, 2.45) is 0 Å². The van der Waals surface area contributed by atoms with Gasteiger partial charge in [0.1, 0.15) is 0 Å². The lowest BCUT2D eigenvalue weighted by Crippen LogP contribution is -2.30. The van der Waals surface area contributed by atoms with Crippen LogP contribution in [0, 0.1) is 0 Å². The number of nitrogens with two attached hydrogens (primary N) is 1. The Kier molecular flexibility index (Phi) is 5.01. The predicted molar refractivity (Wildman–Crippen MR) is 85.8 cm³/mol. The van der Waals surface area contributed by atoms with Crippen LogP contribution in [0.2, 0.25) is 5.02 Å². The Morgan fingerprint density at radius 2 is 1.91 bits per heavy atom. The number of rotatable bonds is 4. The molecule has 114 valence electrons. The van der Waals surface area contributed by atoms with Crippen molar-refractivity contribution in [3.8, 4) is 0 Å². The second-order valence-electron chi connectivity index (χ2n) is 4.64. The van der Waals surface area contributed by atoms with Crippen LogP contribution in [-0.2, 0) is 9.53 Å². The van der Waals surface area contributed by atoms with Crippen molar-refractivity contribution in [2.45, 2.75) is 13.0 Å². The Morgan fingerprint density at radius 1 is 1.18 bits per heavy atom. The van der Waals surface area contributed by atoms with Crippen molar-refractivity contribution < 1.29 is 14.3 Å². The summed E-state index contributed by atoms with van der Waals surface area (Å²) < 4.78 is 5.12. The number of anilines is 2. The minimum Gasteiger partial charge on any atom is -0.449 e. The number of para-hydroxylation sites is 1. The molecular weight excluding hydrogens is 304 g/mol. The van der Waals surface area contributed by atoms with Gasteiger partial charge in [-0.25, -0.2) is 4.79 Å². The fourth-order valence-corrected chi connectivity index (χ4v) is 1.93. The molecule has 0 radical (unpaired) electrons. The monoisotopic (exact) mass is 318 g/mol. The van der Waals surface area contributed by atoms with Gasteiger partial charge >= 0.3 is 5.97 Å². The molecule has 5 nitrogen and oxygen atoms in total. The summed E-state index contributed by atoms with van der Waals surface area (Å²) in [4.78, 5) is 24.0. The van der Waals surface area contributed by atoms with Gasteiger partial charge in [-0.1, -0.05) is 29.8 Å². The van der Waals surface area contributed by atoms with Crippen molar-refractivity contribution in [3.63, 3.8) is 0 Å². The molecule has 0 saturated heterocycles. The van der Waals surface area contributed by atoms with Crippen molar-refractivity contribution >= 4 is 34.9 Å². The summed E-state index contributed by atoms with van der Waals surface area (Å²) in [5, 5.41) is 3.01. The number of benzene rings is 2. The Hall–Kier alpha value is -2.53. The highest BCUT2D eigenvalue weighted by molar-refractivity contribution is 6.33. The Labute approximate surface area is 133 Å². The number of halogens is 1. The van der Waals surface area contributed by atoms with Crippen LogP contribution in [-0.4, -0.2) is 18.0 Å². The smallest absolute Gasteiger partial charge is 0.338 e. The normalized spacial score (nSPS) is 11.5. The van der Waals surface area contributed by atoms with E-state index in [4.69, 9.17) is 22.1 Å². The molecule has 1 atom stereocenters. The van der Waals surface area contributed by atoms with Crippen LogP contribution in [0.3, 0.4) is 0 Å². The van der Waals surface area contributed by atoms with E-state index in [0.717, 1.165) is 0 Å². The lowest BCUT2D eigenvalue weighted by atomic mass is 10.2. The summed E-state index contributed by atoms with van der Waals surface area (Å²) in [6.07, 6.45) is -0.967. The van der Waals surface area contributed by atoms with Crippen LogP contribution in [0.1, 0.15) is 17.3 Å². The highest BCUT2D eigenvalue weighted by Gasteiger charge is 2.19. The SMILES string of the molecule is C[C@H](OC(=O)c1cccc(N)c1)C(=O)Nc1ccccc1Cl. The third-order valence-corrected chi connectivity index (χ3v) is 3.24. The van der Waals surface area contributed by atoms with Crippen LogP contribution >= 0.6 is 11.6 Å². The molecule has 0 bridgehead atoms. The number of ether oxygens (including phenoxy) is 1. The van der Waals surface area contributed by atoms with Crippen LogP contribution < -0.4 is 11.1 Å². The average Bonchev–Trinajstić information content (AvgIpc) is 2.49. The van der Waals surface area contributed by atoms with E-state index in [1.54, 1.807) is 42.5 Å². The molecule has 3 N–H and O–H groups in total. The first-order chi connectivity index (χ1) is 10.5. The minimum atomic E-state index is -0.967. The first-order valence-electron chi connectivity index (χ1n) is 6.59. The quantitative estimate of drug-likeness (QED) is 0.670. The largest absolute Gasteiger partial charge is 0.449 e. The zero-order valence-electron chi connectivity index (χ0n) is 11.9. The van der Waals surface area contributed by atoms with Gasteiger partial charge in [-0.15, -0.1) is 0 Å². The van der Waals surface area contributed by atoms with Gasteiger partial charge in [0.15, 0.2) is 6.10 Å². The Balaban J connectivity index is 1.99. The molecule has 2 aromatic carbocycles. The molecule has 2 rings (SSSR count). The molecule has 22 heavy (non-hydrogen) atoms. The zero-order chi connectivity index (χ0) is 16.1. The van der Waals surface area contributed by atoms with E-state index >= 15 is 0 Å².